The van der Waals surface area contributed by atoms with Gasteiger partial charge in [0.2, 0.25) is 0 Å². The summed E-state index contributed by atoms with van der Waals surface area (Å²) in [6.07, 6.45) is 1.86. The topological polar surface area (TPSA) is 55.9 Å². The van der Waals surface area contributed by atoms with Gasteiger partial charge in [-0.05, 0) is 19.4 Å². The number of aliphatic hydroxyl groups is 1. The minimum absolute atomic E-state index is 0.462. The molecule has 6 heteroatoms. The van der Waals surface area contributed by atoms with E-state index >= 15 is 0 Å². The van der Waals surface area contributed by atoms with E-state index in [0.717, 1.165) is 24.4 Å². The van der Waals surface area contributed by atoms with E-state index in [1.165, 1.54) is 0 Å². The lowest BCUT2D eigenvalue weighted by Crippen LogP contribution is -2.10. The van der Waals surface area contributed by atoms with Gasteiger partial charge in [-0.2, -0.15) is 10.2 Å². The molecule has 5 nitrogen and oxygen atoms in total. The molecule has 0 aliphatic carbocycles. The fourth-order valence-corrected chi connectivity index (χ4v) is 2.36. The zero-order chi connectivity index (χ0) is 13.3. The molecular weight excluding hydrogens is 252 g/mol. The van der Waals surface area contributed by atoms with Gasteiger partial charge in [0.15, 0.2) is 0 Å². The van der Waals surface area contributed by atoms with Crippen LogP contribution in [-0.4, -0.2) is 24.7 Å². The van der Waals surface area contributed by atoms with E-state index in [-0.39, 0.29) is 0 Å². The molecule has 1 unspecified atom stereocenters. The van der Waals surface area contributed by atoms with Crippen molar-refractivity contribution in [1.82, 2.24) is 19.6 Å². The summed E-state index contributed by atoms with van der Waals surface area (Å²) in [4.78, 5) is 0. The number of halogens is 1. The van der Waals surface area contributed by atoms with Crippen molar-refractivity contribution in [2.24, 2.45) is 7.05 Å². The quantitative estimate of drug-likeness (QED) is 0.924. The third kappa shape index (κ3) is 2.15. The predicted octanol–water partition coefficient (Wildman–Crippen LogP) is 2.07. The van der Waals surface area contributed by atoms with Crippen molar-refractivity contribution in [3.63, 3.8) is 0 Å². The Morgan fingerprint density at radius 1 is 1.50 bits per heavy atom. The zero-order valence-electron chi connectivity index (χ0n) is 10.8. The van der Waals surface area contributed by atoms with Crippen LogP contribution < -0.4 is 0 Å². The minimum atomic E-state index is -0.791. The molecule has 2 aromatic heterocycles. The summed E-state index contributed by atoms with van der Waals surface area (Å²) < 4.78 is 3.36. The highest BCUT2D eigenvalue weighted by atomic mass is 35.5. The smallest absolute Gasteiger partial charge is 0.133 e. The van der Waals surface area contributed by atoms with Crippen LogP contribution in [0.4, 0.5) is 0 Å². The summed E-state index contributed by atoms with van der Waals surface area (Å²) in [6.45, 7) is 4.68. The Hall–Kier alpha value is -1.33. The molecule has 0 bridgehead atoms. The lowest BCUT2D eigenvalue weighted by Gasteiger charge is -2.13. The molecule has 0 radical (unpaired) electrons. The van der Waals surface area contributed by atoms with Gasteiger partial charge in [0.05, 0.1) is 11.4 Å². The standard InChI is InChI=1S/C12H17ClN4O/c1-4-7-17-9(5-6-14-17)11(18)10-8(2)15-16(3)12(10)13/h5-6,11,18H,4,7H2,1-3H3. The summed E-state index contributed by atoms with van der Waals surface area (Å²) >= 11 is 6.17. The number of aliphatic hydroxyl groups excluding tert-OH is 1. The normalized spacial score (nSPS) is 12.9. The molecule has 1 atom stereocenters. The Balaban J connectivity index is 2.41. The van der Waals surface area contributed by atoms with E-state index in [4.69, 9.17) is 11.6 Å². The van der Waals surface area contributed by atoms with Crippen LogP contribution in [0.2, 0.25) is 5.15 Å². The van der Waals surface area contributed by atoms with Gasteiger partial charge in [0.25, 0.3) is 0 Å². The summed E-state index contributed by atoms with van der Waals surface area (Å²) in [5.41, 5.74) is 2.13. The van der Waals surface area contributed by atoms with Gasteiger partial charge in [-0.1, -0.05) is 18.5 Å². The zero-order valence-corrected chi connectivity index (χ0v) is 11.5. The first-order chi connectivity index (χ1) is 8.56. The molecule has 2 rings (SSSR count). The van der Waals surface area contributed by atoms with Crippen molar-refractivity contribution in [3.05, 3.63) is 34.4 Å². The van der Waals surface area contributed by atoms with Gasteiger partial charge >= 0.3 is 0 Å². The van der Waals surface area contributed by atoms with Crippen LogP contribution in [-0.2, 0) is 13.6 Å². The van der Waals surface area contributed by atoms with Crippen LogP contribution in [0.3, 0.4) is 0 Å². The van der Waals surface area contributed by atoms with Crippen LogP contribution in [0.25, 0.3) is 0 Å². The second-order valence-electron chi connectivity index (χ2n) is 4.30. The number of aromatic nitrogens is 4. The highest BCUT2D eigenvalue weighted by molar-refractivity contribution is 6.30. The minimum Gasteiger partial charge on any atom is -0.382 e. The first-order valence-corrected chi connectivity index (χ1v) is 6.32. The van der Waals surface area contributed by atoms with Crippen molar-refractivity contribution < 1.29 is 5.11 Å². The molecule has 0 saturated carbocycles. The summed E-state index contributed by atoms with van der Waals surface area (Å²) in [5, 5.41) is 19.3. The Kier molecular flexibility index (Phi) is 3.73. The third-order valence-electron chi connectivity index (χ3n) is 2.93. The second-order valence-corrected chi connectivity index (χ2v) is 4.65. The summed E-state index contributed by atoms with van der Waals surface area (Å²) in [6, 6.07) is 1.81. The SMILES string of the molecule is CCCn1nccc1C(O)c1c(C)nn(C)c1Cl. The summed E-state index contributed by atoms with van der Waals surface area (Å²) in [7, 11) is 1.76. The van der Waals surface area contributed by atoms with Gasteiger partial charge in [0.1, 0.15) is 11.3 Å². The number of hydrogen-bond acceptors (Lipinski definition) is 3. The van der Waals surface area contributed by atoms with E-state index in [1.54, 1.807) is 22.6 Å². The molecule has 0 spiro atoms. The molecule has 2 aromatic rings. The van der Waals surface area contributed by atoms with Crippen molar-refractivity contribution >= 4 is 11.6 Å². The molecule has 98 valence electrons. The molecule has 0 aliphatic rings. The van der Waals surface area contributed by atoms with Crippen molar-refractivity contribution in [3.8, 4) is 0 Å². The fourth-order valence-electron chi connectivity index (χ4n) is 2.08. The lowest BCUT2D eigenvalue weighted by molar-refractivity contribution is 0.206. The van der Waals surface area contributed by atoms with E-state index in [0.29, 0.717) is 10.7 Å². The van der Waals surface area contributed by atoms with E-state index in [9.17, 15) is 5.11 Å². The van der Waals surface area contributed by atoms with Gasteiger partial charge in [0, 0.05) is 25.4 Å². The maximum Gasteiger partial charge on any atom is 0.133 e. The first kappa shape index (κ1) is 13.1. The highest BCUT2D eigenvalue weighted by Gasteiger charge is 2.23. The molecule has 1 N–H and O–H groups in total. The van der Waals surface area contributed by atoms with Crippen LogP contribution >= 0.6 is 11.6 Å². The largest absolute Gasteiger partial charge is 0.382 e. The average molecular weight is 269 g/mol. The van der Waals surface area contributed by atoms with Crippen LogP contribution in [0.1, 0.15) is 36.4 Å². The highest BCUT2D eigenvalue weighted by Crippen LogP contribution is 2.30. The molecule has 0 amide bonds. The van der Waals surface area contributed by atoms with Crippen molar-refractivity contribution in [1.29, 1.82) is 0 Å². The number of aryl methyl sites for hydroxylation is 3. The van der Waals surface area contributed by atoms with Crippen LogP contribution in [0, 0.1) is 6.92 Å². The summed E-state index contributed by atoms with van der Waals surface area (Å²) in [5.74, 6) is 0. The number of rotatable bonds is 4. The Labute approximate surface area is 111 Å². The molecule has 0 aromatic carbocycles. The van der Waals surface area contributed by atoms with Crippen molar-refractivity contribution in [2.75, 3.05) is 0 Å². The predicted molar refractivity (Wildman–Crippen MR) is 69.5 cm³/mol. The second kappa shape index (κ2) is 5.12. The Morgan fingerprint density at radius 2 is 2.22 bits per heavy atom. The van der Waals surface area contributed by atoms with E-state index in [1.807, 2.05) is 13.0 Å². The monoisotopic (exact) mass is 268 g/mol. The molecule has 18 heavy (non-hydrogen) atoms. The first-order valence-electron chi connectivity index (χ1n) is 5.95. The number of hydrogen-bond donors (Lipinski definition) is 1. The van der Waals surface area contributed by atoms with E-state index < -0.39 is 6.10 Å². The molecule has 0 aliphatic heterocycles. The Morgan fingerprint density at radius 3 is 2.78 bits per heavy atom. The lowest BCUT2D eigenvalue weighted by atomic mass is 10.1. The van der Waals surface area contributed by atoms with E-state index in [2.05, 4.69) is 17.1 Å². The molecular formula is C12H17ClN4O. The molecule has 2 heterocycles. The van der Waals surface area contributed by atoms with Gasteiger partial charge in [-0.3, -0.25) is 9.36 Å². The number of nitrogens with zero attached hydrogens (tertiary/aromatic N) is 4. The van der Waals surface area contributed by atoms with Gasteiger partial charge in [-0.15, -0.1) is 0 Å². The molecule has 0 fully saturated rings. The van der Waals surface area contributed by atoms with Gasteiger partial charge < -0.3 is 5.11 Å². The van der Waals surface area contributed by atoms with Crippen molar-refractivity contribution in [2.45, 2.75) is 32.9 Å². The van der Waals surface area contributed by atoms with Crippen LogP contribution in [0.5, 0.6) is 0 Å². The maximum atomic E-state index is 10.5. The van der Waals surface area contributed by atoms with Crippen LogP contribution in [0.15, 0.2) is 12.3 Å². The average Bonchev–Trinajstić information content (AvgIpc) is 2.86. The Bertz CT molecular complexity index is 546. The van der Waals surface area contributed by atoms with Gasteiger partial charge in [-0.25, -0.2) is 0 Å². The molecule has 0 saturated heterocycles. The maximum absolute atomic E-state index is 10.5. The third-order valence-corrected chi connectivity index (χ3v) is 3.38. The fraction of sp³-hybridized carbons (Fsp3) is 0.500.